The molecule has 3 aliphatic rings. The van der Waals surface area contributed by atoms with Gasteiger partial charge in [-0.15, -0.1) is 11.3 Å². The van der Waals surface area contributed by atoms with Gasteiger partial charge in [0, 0.05) is 94.3 Å². The third kappa shape index (κ3) is 7.25. The van der Waals surface area contributed by atoms with Crippen molar-refractivity contribution in [3.05, 3.63) is 52.3 Å². The van der Waals surface area contributed by atoms with E-state index in [0.717, 1.165) is 20.0 Å². The maximum atomic E-state index is 14.3. The number of aromatic hydroxyl groups is 1. The van der Waals surface area contributed by atoms with E-state index in [0.29, 0.717) is 27.2 Å². The normalized spacial score (nSPS) is 19.0. The number of carbonyl (C=O) groups is 1. The quantitative estimate of drug-likeness (QED) is 0.164. The number of halogens is 3. The van der Waals surface area contributed by atoms with Crippen molar-refractivity contribution in [1.29, 1.82) is 0 Å². The second-order valence-corrected chi connectivity index (χ2v) is 18.3. The summed E-state index contributed by atoms with van der Waals surface area (Å²) in [4.78, 5) is 24.0. The fourth-order valence-corrected chi connectivity index (χ4v) is 15.1. The van der Waals surface area contributed by atoms with Crippen molar-refractivity contribution in [1.82, 2.24) is 4.57 Å². The van der Waals surface area contributed by atoms with E-state index in [4.69, 9.17) is 0 Å². The molecule has 0 saturated heterocycles. The van der Waals surface area contributed by atoms with Gasteiger partial charge in [-0.1, -0.05) is 82.1 Å². The number of rotatable bonds is 4. The number of alkyl halides is 3. The van der Waals surface area contributed by atoms with Gasteiger partial charge in [0.25, 0.3) is 11.3 Å². The summed E-state index contributed by atoms with van der Waals surface area (Å²) in [5, 5.41) is 12.1. The van der Waals surface area contributed by atoms with Crippen LogP contribution in [0.4, 0.5) is 13.2 Å². The van der Waals surface area contributed by atoms with Crippen LogP contribution in [0.15, 0.2) is 41.2 Å². The molecule has 0 atom stereocenters. The molecule has 0 bridgehead atoms. The first-order valence-corrected chi connectivity index (χ1v) is 19.6. The van der Waals surface area contributed by atoms with Crippen molar-refractivity contribution in [3.63, 3.8) is 0 Å². The molecule has 4 aromatic rings. The summed E-state index contributed by atoms with van der Waals surface area (Å²) in [5.74, 6) is -3.29. The summed E-state index contributed by atoms with van der Waals surface area (Å²) in [6, 6.07) is 10.6. The average molecular weight is 826 g/mol. The Labute approximate surface area is 318 Å². The summed E-state index contributed by atoms with van der Waals surface area (Å²) in [5.41, 5.74) is -0.257. The second-order valence-electron chi connectivity index (χ2n) is 13.5. The van der Waals surface area contributed by atoms with Gasteiger partial charge in [-0.2, -0.15) is 13.2 Å². The van der Waals surface area contributed by atoms with E-state index in [1.54, 1.807) is 6.07 Å². The molecule has 3 saturated carbocycles. The van der Waals surface area contributed by atoms with Crippen LogP contribution in [-0.4, -0.2) is 38.6 Å². The maximum Gasteiger partial charge on any atom is 0.455 e. The van der Waals surface area contributed by atoms with E-state index in [1.165, 1.54) is 121 Å². The summed E-state index contributed by atoms with van der Waals surface area (Å²) in [6.07, 6.45) is 14.8. The number of carbonyl (C=O) groups excluding carboxylic acids is 1. The number of fused-ring (bicyclic) bond motifs is 5. The molecule has 47 heavy (non-hydrogen) atoms. The van der Waals surface area contributed by atoms with Gasteiger partial charge in [0.2, 0.25) is 0 Å². The van der Waals surface area contributed by atoms with Crippen molar-refractivity contribution < 1.29 is 77.0 Å². The van der Waals surface area contributed by atoms with Gasteiger partial charge in [-0.3, -0.25) is 9.59 Å². The van der Waals surface area contributed by atoms with E-state index >= 15 is 0 Å². The van der Waals surface area contributed by atoms with Crippen molar-refractivity contribution in [2.75, 3.05) is 0 Å². The van der Waals surface area contributed by atoms with E-state index in [9.17, 15) is 32.4 Å². The van der Waals surface area contributed by atoms with Crippen molar-refractivity contribution >= 4 is 55.3 Å². The first-order chi connectivity index (χ1) is 22.0. The number of hydrogen-bond donors (Lipinski definition) is 1. The van der Waals surface area contributed by atoms with Crippen LogP contribution >= 0.6 is 18.5 Å². The average Bonchev–Trinajstić information content (AvgIpc) is 3.46. The number of aromatic nitrogens is 1. The standard InChI is InChI=1S/C18H10F3NO3S.C18H33OP.Eu/c1-22-13-10(14(23)12(17(22)25)16(24)18(19,20)21)7-6-9-8-4-2-3-5-11(8)26-15(9)13;19-20(16-10-4-1-5-11-16,17-12-6-2-7-13-17)18-14-8-3-9-15-18;/h2-7,23H,1H3;16-18H,1-15H2;. The first kappa shape index (κ1) is 37.2. The second kappa shape index (κ2) is 15.5. The van der Waals surface area contributed by atoms with E-state index in [2.05, 4.69) is 0 Å². The van der Waals surface area contributed by atoms with E-state index in [1.807, 2.05) is 24.3 Å². The summed E-state index contributed by atoms with van der Waals surface area (Å²) in [7, 11) is -0.653. The van der Waals surface area contributed by atoms with Crippen LogP contribution in [0.5, 0.6) is 5.75 Å². The molecule has 2 aromatic carbocycles. The van der Waals surface area contributed by atoms with Crippen molar-refractivity contribution in [2.45, 2.75) is 119 Å². The summed E-state index contributed by atoms with van der Waals surface area (Å²) in [6.45, 7) is 0. The number of aryl methyl sites for hydroxylation is 1. The Bertz CT molecular complexity index is 1800. The molecule has 0 aliphatic heterocycles. The molecule has 1 N–H and O–H groups in total. The molecule has 2 heterocycles. The number of pyridine rings is 1. The molecular weight excluding hydrogens is 782 g/mol. The van der Waals surface area contributed by atoms with Crippen LogP contribution < -0.4 is 5.56 Å². The van der Waals surface area contributed by atoms with Gasteiger partial charge >= 0.3 is 6.18 Å². The van der Waals surface area contributed by atoms with Crippen LogP contribution in [0.2, 0.25) is 0 Å². The largest absolute Gasteiger partial charge is 0.506 e. The molecule has 7 rings (SSSR count). The smallest absolute Gasteiger partial charge is 0.455 e. The van der Waals surface area contributed by atoms with E-state index < -0.39 is 36.0 Å². The van der Waals surface area contributed by atoms with Crippen LogP contribution in [0.3, 0.4) is 0 Å². The maximum absolute atomic E-state index is 14.3. The van der Waals surface area contributed by atoms with Gasteiger partial charge in [-0.25, -0.2) is 0 Å². The number of thiophene rings is 1. The first-order valence-electron chi connectivity index (χ1n) is 16.9. The molecule has 0 unspecified atom stereocenters. The number of ketones is 1. The van der Waals surface area contributed by atoms with Gasteiger partial charge in [-0.05, 0) is 50.7 Å². The van der Waals surface area contributed by atoms with Gasteiger partial charge in [0.05, 0.1) is 17.4 Å². The molecule has 2 aromatic heterocycles. The molecule has 0 spiro atoms. The molecular formula is C36H43EuF3NO4PS. The van der Waals surface area contributed by atoms with Crippen LogP contribution in [0.25, 0.3) is 31.1 Å². The zero-order chi connectivity index (χ0) is 32.6. The minimum atomic E-state index is -5.25. The van der Waals surface area contributed by atoms with Gasteiger partial charge in [0.1, 0.15) is 11.3 Å². The van der Waals surface area contributed by atoms with Crippen LogP contribution in [-0.2, 0) is 11.6 Å². The number of nitrogens with zero attached hydrogens (tertiary/aromatic N) is 1. The van der Waals surface area contributed by atoms with Gasteiger partial charge in [0.15, 0.2) is 0 Å². The predicted octanol–water partition coefficient (Wildman–Crippen LogP) is 10.7. The molecule has 5 nitrogen and oxygen atoms in total. The molecule has 3 aliphatic carbocycles. The van der Waals surface area contributed by atoms with Crippen molar-refractivity contribution in [2.24, 2.45) is 7.05 Å². The predicted molar refractivity (Wildman–Crippen MR) is 182 cm³/mol. The molecule has 1 radical (unpaired) electrons. The third-order valence-electron chi connectivity index (χ3n) is 10.8. The van der Waals surface area contributed by atoms with Crippen LogP contribution in [0, 0.1) is 49.4 Å². The zero-order valence-corrected chi connectivity index (χ0v) is 30.9. The van der Waals surface area contributed by atoms with E-state index in [-0.39, 0.29) is 54.8 Å². The Kier molecular flexibility index (Phi) is 12.2. The number of benzene rings is 2. The number of hydrogen-bond acceptors (Lipinski definition) is 5. The summed E-state index contributed by atoms with van der Waals surface area (Å²) < 4.78 is 55.3. The Hall–Kier alpha value is -1.06. The Morgan fingerprint density at radius 3 is 1.74 bits per heavy atom. The SMILES string of the molecule is Cn1c(=O)c(C(=O)C(F)(F)F)c(O)c2ccc3c4ccccc4sc3c21.O=P(C1CCCCC1)(C1CCCCC1)C1CCCCC1.[Eu]. The third-order valence-corrected chi connectivity index (χ3v) is 17.0. The molecule has 11 heteroatoms. The Morgan fingerprint density at radius 2 is 1.26 bits per heavy atom. The zero-order valence-electron chi connectivity index (χ0n) is 26.8. The Balaban J connectivity index is 0.000000187. The molecule has 255 valence electrons. The molecule has 3 fully saturated rings. The minimum Gasteiger partial charge on any atom is -0.506 e. The fourth-order valence-electron chi connectivity index (χ4n) is 8.50. The van der Waals surface area contributed by atoms with Crippen molar-refractivity contribution in [3.8, 4) is 5.75 Å². The van der Waals surface area contributed by atoms with Gasteiger partial charge < -0.3 is 14.2 Å². The fraction of sp³-hybridized carbons (Fsp3) is 0.556. The molecule has 0 amide bonds. The number of Topliss-reactive ketones (excluding diaryl/α,β-unsaturated/α-hetero) is 1. The van der Waals surface area contributed by atoms with Crippen LogP contribution in [0.1, 0.15) is 107 Å². The topological polar surface area (TPSA) is 76.4 Å². The summed E-state index contributed by atoms with van der Waals surface area (Å²) >= 11 is 1.36. The minimum absolute atomic E-state index is 0. The monoisotopic (exact) mass is 826 g/mol. The Morgan fingerprint density at radius 1 is 0.787 bits per heavy atom.